The van der Waals surface area contributed by atoms with Crippen LogP contribution >= 0.6 is 0 Å². The van der Waals surface area contributed by atoms with Crippen molar-refractivity contribution in [2.75, 3.05) is 13.1 Å². The molecule has 21 heavy (non-hydrogen) atoms. The van der Waals surface area contributed by atoms with Crippen LogP contribution in [0.25, 0.3) is 22.3 Å². The van der Waals surface area contributed by atoms with E-state index < -0.39 is 0 Å². The molecule has 3 nitrogen and oxygen atoms in total. The zero-order valence-electron chi connectivity index (χ0n) is 12.0. The smallest absolute Gasteiger partial charge is 0.0867 e. The molecule has 0 unspecified atom stereocenters. The van der Waals surface area contributed by atoms with Gasteiger partial charge >= 0.3 is 0 Å². The van der Waals surface area contributed by atoms with Gasteiger partial charge in [-0.1, -0.05) is 24.3 Å². The molecule has 0 amide bonds. The molecule has 0 bridgehead atoms. The van der Waals surface area contributed by atoms with E-state index in [-0.39, 0.29) is 0 Å². The van der Waals surface area contributed by atoms with Gasteiger partial charge < -0.3 is 10.3 Å². The highest BCUT2D eigenvalue weighted by molar-refractivity contribution is 5.90. The van der Waals surface area contributed by atoms with Crippen LogP contribution in [0.2, 0.25) is 0 Å². The van der Waals surface area contributed by atoms with Crippen LogP contribution in [0.3, 0.4) is 0 Å². The van der Waals surface area contributed by atoms with Crippen molar-refractivity contribution in [1.82, 2.24) is 15.3 Å². The van der Waals surface area contributed by atoms with E-state index in [1.54, 1.807) is 0 Å². The van der Waals surface area contributed by atoms with E-state index in [0.717, 1.165) is 18.8 Å². The van der Waals surface area contributed by atoms with Crippen LogP contribution in [-0.4, -0.2) is 23.1 Å². The van der Waals surface area contributed by atoms with Gasteiger partial charge in [-0.2, -0.15) is 0 Å². The number of benzene rings is 1. The van der Waals surface area contributed by atoms with E-state index in [9.17, 15) is 0 Å². The van der Waals surface area contributed by atoms with Gasteiger partial charge in [-0.05, 0) is 55.6 Å². The molecule has 2 aromatic heterocycles. The van der Waals surface area contributed by atoms with E-state index >= 15 is 0 Å². The van der Waals surface area contributed by atoms with Crippen molar-refractivity contribution in [2.24, 2.45) is 0 Å². The number of para-hydroxylation sites is 1. The van der Waals surface area contributed by atoms with Gasteiger partial charge in [0.05, 0.1) is 11.4 Å². The number of hydrogen-bond donors (Lipinski definition) is 2. The van der Waals surface area contributed by atoms with Crippen LogP contribution < -0.4 is 5.32 Å². The first-order valence-electron chi connectivity index (χ1n) is 7.66. The van der Waals surface area contributed by atoms with Gasteiger partial charge in [-0.3, -0.25) is 4.98 Å². The van der Waals surface area contributed by atoms with Crippen LogP contribution in [0.1, 0.15) is 24.3 Å². The predicted octanol–water partition coefficient (Wildman–Crippen LogP) is 3.70. The van der Waals surface area contributed by atoms with Gasteiger partial charge in [-0.25, -0.2) is 0 Å². The molecule has 1 aromatic carbocycles. The highest BCUT2D eigenvalue weighted by Gasteiger charge is 2.23. The first-order valence-corrected chi connectivity index (χ1v) is 7.66. The number of H-pyrrole nitrogens is 1. The monoisotopic (exact) mass is 277 g/mol. The summed E-state index contributed by atoms with van der Waals surface area (Å²) in [7, 11) is 0. The van der Waals surface area contributed by atoms with Gasteiger partial charge in [0.15, 0.2) is 0 Å². The Morgan fingerprint density at radius 3 is 2.57 bits per heavy atom. The molecule has 3 heterocycles. The lowest BCUT2D eigenvalue weighted by Gasteiger charge is -2.23. The van der Waals surface area contributed by atoms with Crippen LogP contribution in [0.15, 0.2) is 48.7 Å². The van der Waals surface area contributed by atoms with E-state index in [4.69, 9.17) is 0 Å². The zero-order chi connectivity index (χ0) is 14.1. The second-order valence-electron chi connectivity index (χ2n) is 5.70. The Morgan fingerprint density at radius 2 is 1.76 bits per heavy atom. The average molecular weight is 277 g/mol. The number of aromatic amines is 1. The van der Waals surface area contributed by atoms with Crippen LogP contribution in [-0.2, 0) is 0 Å². The molecule has 0 spiro atoms. The Hall–Kier alpha value is -2.13. The third-order valence-electron chi connectivity index (χ3n) is 4.41. The molecular formula is C18H19N3. The maximum absolute atomic E-state index is 4.55. The molecule has 1 saturated heterocycles. The summed E-state index contributed by atoms with van der Waals surface area (Å²) >= 11 is 0. The van der Waals surface area contributed by atoms with E-state index in [1.165, 1.54) is 35.0 Å². The fraction of sp³-hybridized carbons (Fsp3) is 0.278. The number of nitrogens with zero attached hydrogens (tertiary/aromatic N) is 1. The van der Waals surface area contributed by atoms with Crippen molar-refractivity contribution in [3.05, 3.63) is 54.2 Å². The summed E-state index contributed by atoms with van der Waals surface area (Å²) in [5.74, 6) is 0.611. The van der Waals surface area contributed by atoms with Crippen molar-refractivity contribution in [3.63, 3.8) is 0 Å². The molecule has 0 radical (unpaired) electrons. The fourth-order valence-corrected chi connectivity index (χ4v) is 3.41. The fourth-order valence-electron chi connectivity index (χ4n) is 3.41. The Morgan fingerprint density at radius 1 is 0.952 bits per heavy atom. The number of fused-ring (bicyclic) bond motifs is 1. The minimum atomic E-state index is 0.611. The normalized spacial score (nSPS) is 16.4. The zero-order valence-corrected chi connectivity index (χ0v) is 12.0. The Bertz CT molecular complexity index is 740. The Kier molecular flexibility index (Phi) is 3.20. The number of aromatic nitrogens is 2. The highest BCUT2D eigenvalue weighted by atomic mass is 14.9. The maximum atomic E-state index is 4.55. The highest BCUT2D eigenvalue weighted by Crippen LogP contribution is 2.38. The van der Waals surface area contributed by atoms with Crippen LogP contribution in [0, 0.1) is 0 Å². The van der Waals surface area contributed by atoms with Gasteiger partial charge in [0.1, 0.15) is 0 Å². The number of piperidine rings is 1. The Labute approximate surface area is 124 Å². The Balaban J connectivity index is 1.92. The summed E-state index contributed by atoms with van der Waals surface area (Å²) in [5.41, 5.74) is 4.91. The molecule has 4 rings (SSSR count). The van der Waals surface area contributed by atoms with Crippen LogP contribution in [0.5, 0.6) is 0 Å². The van der Waals surface area contributed by atoms with Crippen LogP contribution in [0.4, 0.5) is 0 Å². The number of hydrogen-bond acceptors (Lipinski definition) is 2. The number of pyridine rings is 1. The van der Waals surface area contributed by atoms with E-state index in [0.29, 0.717) is 5.92 Å². The lowest BCUT2D eigenvalue weighted by atomic mass is 9.87. The van der Waals surface area contributed by atoms with Gasteiger partial charge in [0.2, 0.25) is 0 Å². The first kappa shape index (κ1) is 12.6. The quantitative estimate of drug-likeness (QED) is 0.750. The number of rotatable bonds is 2. The van der Waals surface area contributed by atoms with Crippen molar-refractivity contribution in [1.29, 1.82) is 0 Å². The predicted molar refractivity (Wildman–Crippen MR) is 86.4 cm³/mol. The first-order chi connectivity index (χ1) is 10.4. The van der Waals surface area contributed by atoms with E-state index in [1.807, 2.05) is 12.3 Å². The summed E-state index contributed by atoms with van der Waals surface area (Å²) in [4.78, 5) is 8.15. The topological polar surface area (TPSA) is 40.7 Å². The molecular weight excluding hydrogens is 258 g/mol. The molecule has 3 aromatic rings. The molecule has 0 atom stereocenters. The standard InChI is InChI=1S/C18H19N3/c1-2-6-15-14(5-1)17(13-8-11-19-12-9-13)18(21-15)16-7-3-4-10-20-16/h1-7,10,13,19,21H,8-9,11-12H2. The number of nitrogens with one attached hydrogen (secondary N) is 2. The summed E-state index contributed by atoms with van der Waals surface area (Å²) in [6.45, 7) is 2.21. The second kappa shape index (κ2) is 5.34. The van der Waals surface area contributed by atoms with Gasteiger partial charge in [-0.15, -0.1) is 0 Å². The third kappa shape index (κ3) is 2.24. The largest absolute Gasteiger partial charge is 0.353 e. The molecule has 2 N–H and O–H groups in total. The molecule has 1 aliphatic heterocycles. The van der Waals surface area contributed by atoms with E-state index in [2.05, 4.69) is 51.7 Å². The van der Waals surface area contributed by atoms with Gasteiger partial charge in [0.25, 0.3) is 0 Å². The van der Waals surface area contributed by atoms with Crippen molar-refractivity contribution in [3.8, 4) is 11.4 Å². The molecule has 0 saturated carbocycles. The maximum Gasteiger partial charge on any atom is 0.0867 e. The summed E-state index contributed by atoms with van der Waals surface area (Å²) in [5, 5.41) is 4.81. The van der Waals surface area contributed by atoms with Crippen molar-refractivity contribution < 1.29 is 0 Å². The molecule has 1 aliphatic rings. The molecule has 3 heteroatoms. The third-order valence-corrected chi connectivity index (χ3v) is 4.41. The van der Waals surface area contributed by atoms with Crippen molar-refractivity contribution in [2.45, 2.75) is 18.8 Å². The van der Waals surface area contributed by atoms with Crippen molar-refractivity contribution >= 4 is 10.9 Å². The summed E-state index contributed by atoms with van der Waals surface area (Å²) in [6, 6.07) is 14.7. The summed E-state index contributed by atoms with van der Waals surface area (Å²) in [6.07, 6.45) is 4.26. The molecule has 1 fully saturated rings. The lowest BCUT2D eigenvalue weighted by molar-refractivity contribution is 0.463. The molecule has 0 aliphatic carbocycles. The second-order valence-corrected chi connectivity index (χ2v) is 5.70. The minimum Gasteiger partial charge on any atom is -0.353 e. The SMILES string of the molecule is c1ccc(-c2[nH]c3ccccc3c2C2CCNCC2)nc1. The van der Waals surface area contributed by atoms with Gasteiger partial charge in [0, 0.05) is 17.1 Å². The lowest BCUT2D eigenvalue weighted by Crippen LogP contribution is -2.26. The minimum absolute atomic E-state index is 0.611. The molecule has 106 valence electrons. The summed E-state index contributed by atoms with van der Waals surface area (Å²) < 4.78 is 0. The average Bonchev–Trinajstić information content (AvgIpc) is 2.96.